The Bertz CT molecular complexity index is 498. The minimum Gasteiger partial charge on any atom is -0.452 e. The first-order chi connectivity index (χ1) is 8.38. The van der Waals surface area contributed by atoms with Crippen LogP contribution in [0.2, 0.25) is 0 Å². The van der Waals surface area contributed by atoms with Crippen molar-refractivity contribution >= 4 is 26.0 Å². The molecule has 0 spiro atoms. The van der Waals surface area contributed by atoms with E-state index in [0.29, 0.717) is 12.3 Å². The van der Waals surface area contributed by atoms with Gasteiger partial charge in [-0.2, -0.15) is 4.31 Å². The summed E-state index contributed by atoms with van der Waals surface area (Å²) in [6, 6.07) is 1.42. The van der Waals surface area contributed by atoms with Gasteiger partial charge in [0, 0.05) is 18.7 Å². The largest absolute Gasteiger partial charge is 0.452 e. The summed E-state index contributed by atoms with van der Waals surface area (Å²) >= 11 is 3.13. The molecule has 0 aromatic carbocycles. The molecule has 18 heavy (non-hydrogen) atoms. The van der Waals surface area contributed by atoms with Crippen LogP contribution >= 0.6 is 15.9 Å². The van der Waals surface area contributed by atoms with Crippen LogP contribution in [0.25, 0.3) is 0 Å². The molecule has 5 nitrogen and oxygen atoms in total. The van der Waals surface area contributed by atoms with Crippen molar-refractivity contribution in [1.82, 2.24) is 4.31 Å². The predicted octanol–water partition coefficient (Wildman–Crippen LogP) is 2.31. The summed E-state index contributed by atoms with van der Waals surface area (Å²) in [6.07, 6.45) is 0.756. The van der Waals surface area contributed by atoms with E-state index in [1.54, 1.807) is 0 Å². The first-order valence-corrected chi connectivity index (χ1v) is 8.11. The molecule has 1 heterocycles. The van der Waals surface area contributed by atoms with Crippen molar-refractivity contribution in [3.8, 4) is 0 Å². The average molecular weight is 339 g/mol. The maximum atomic E-state index is 12.5. The number of furan rings is 1. The normalized spacial score (nSPS) is 14.1. The van der Waals surface area contributed by atoms with Gasteiger partial charge in [0.25, 0.3) is 0 Å². The van der Waals surface area contributed by atoms with Gasteiger partial charge in [0.2, 0.25) is 10.0 Å². The van der Waals surface area contributed by atoms with Crippen molar-refractivity contribution in [3.63, 3.8) is 0 Å². The Morgan fingerprint density at radius 3 is 2.50 bits per heavy atom. The topological polar surface area (TPSA) is 76.5 Å². The van der Waals surface area contributed by atoms with E-state index in [1.807, 2.05) is 20.8 Å². The van der Waals surface area contributed by atoms with E-state index in [0.717, 1.165) is 6.42 Å². The Morgan fingerprint density at radius 1 is 1.50 bits per heavy atom. The fraction of sp³-hybridized carbons (Fsp3) is 0.636. The van der Waals surface area contributed by atoms with Crippen LogP contribution in [-0.2, 0) is 16.6 Å². The minimum atomic E-state index is -3.55. The molecule has 1 aromatic heterocycles. The van der Waals surface area contributed by atoms with Gasteiger partial charge < -0.3 is 10.2 Å². The van der Waals surface area contributed by atoms with Crippen LogP contribution in [0.1, 0.15) is 33.0 Å². The smallest absolute Gasteiger partial charge is 0.247 e. The molecule has 0 fully saturated rings. The average Bonchev–Trinajstić information content (AvgIpc) is 2.71. The Morgan fingerprint density at radius 2 is 2.11 bits per heavy atom. The van der Waals surface area contributed by atoms with Crippen LogP contribution in [0.15, 0.2) is 20.0 Å². The standard InChI is InChI=1S/C11H19BrN2O3S/c1-4-8(3)14(5-2)18(15,16)10-6-9(7-13)17-11(10)12/h6,8H,4-5,7,13H2,1-3H3. The number of sulfonamides is 1. The van der Waals surface area contributed by atoms with Gasteiger partial charge in [0.15, 0.2) is 4.67 Å². The maximum Gasteiger partial charge on any atom is 0.247 e. The van der Waals surface area contributed by atoms with Gasteiger partial charge >= 0.3 is 0 Å². The van der Waals surface area contributed by atoms with Crippen LogP contribution in [0.3, 0.4) is 0 Å². The summed E-state index contributed by atoms with van der Waals surface area (Å²) < 4.78 is 31.9. The van der Waals surface area contributed by atoms with Gasteiger partial charge in [-0.3, -0.25) is 0 Å². The molecule has 0 aliphatic carbocycles. The van der Waals surface area contributed by atoms with Crippen molar-refractivity contribution in [1.29, 1.82) is 0 Å². The number of rotatable bonds is 6. The molecule has 0 aliphatic rings. The van der Waals surface area contributed by atoms with Crippen LogP contribution in [0.4, 0.5) is 0 Å². The van der Waals surface area contributed by atoms with Gasteiger partial charge in [-0.25, -0.2) is 8.42 Å². The van der Waals surface area contributed by atoms with E-state index in [1.165, 1.54) is 10.4 Å². The second-order valence-electron chi connectivity index (χ2n) is 4.02. The third-order valence-corrected chi connectivity index (χ3v) is 5.83. The highest BCUT2D eigenvalue weighted by molar-refractivity contribution is 9.10. The van der Waals surface area contributed by atoms with Crippen molar-refractivity contribution in [3.05, 3.63) is 16.5 Å². The van der Waals surface area contributed by atoms with Gasteiger partial charge in [-0.1, -0.05) is 13.8 Å². The molecule has 2 N–H and O–H groups in total. The van der Waals surface area contributed by atoms with Crippen LogP contribution in [0.5, 0.6) is 0 Å². The highest BCUT2D eigenvalue weighted by atomic mass is 79.9. The van der Waals surface area contributed by atoms with E-state index in [4.69, 9.17) is 10.2 Å². The zero-order valence-electron chi connectivity index (χ0n) is 10.8. The van der Waals surface area contributed by atoms with E-state index in [-0.39, 0.29) is 22.2 Å². The second-order valence-corrected chi connectivity index (χ2v) is 6.60. The quantitative estimate of drug-likeness (QED) is 0.863. The highest BCUT2D eigenvalue weighted by Gasteiger charge is 2.30. The van der Waals surface area contributed by atoms with E-state index >= 15 is 0 Å². The molecule has 104 valence electrons. The molecule has 1 unspecified atom stereocenters. The van der Waals surface area contributed by atoms with Crippen molar-refractivity contribution in [2.75, 3.05) is 6.54 Å². The summed E-state index contributed by atoms with van der Waals surface area (Å²) in [7, 11) is -3.55. The molecule has 0 aliphatic heterocycles. The first kappa shape index (κ1) is 15.7. The lowest BCUT2D eigenvalue weighted by molar-refractivity contribution is 0.341. The lowest BCUT2D eigenvalue weighted by Crippen LogP contribution is -2.38. The number of halogens is 1. The number of hydrogen-bond donors (Lipinski definition) is 1. The SMILES string of the molecule is CCC(C)N(CC)S(=O)(=O)c1cc(CN)oc1Br. The molecule has 0 amide bonds. The van der Waals surface area contributed by atoms with Gasteiger partial charge in [-0.05, 0) is 29.3 Å². The van der Waals surface area contributed by atoms with Crippen LogP contribution in [0, 0.1) is 0 Å². The number of nitrogens with zero attached hydrogens (tertiary/aromatic N) is 1. The van der Waals surface area contributed by atoms with Crippen molar-refractivity contribution < 1.29 is 12.8 Å². The lowest BCUT2D eigenvalue weighted by Gasteiger charge is -2.25. The number of hydrogen-bond acceptors (Lipinski definition) is 4. The summed E-state index contributed by atoms with van der Waals surface area (Å²) in [5.41, 5.74) is 5.45. The molecule has 1 atom stereocenters. The van der Waals surface area contributed by atoms with Gasteiger partial charge in [0.05, 0.1) is 6.54 Å². The molecule has 0 radical (unpaired) electrons. The highest BCUT2D eigenvalue weighted by Crippen LogP contribution is 2.29. The maximum absolute atomic E-state index is 12.5. The van der Waals surface area contributed by atoms with E-state index in [2.05, 4.69) is 15.9 Å². The van der Waals surface area contributed by atoms with Gasteiger partial charge in [0.1, 0.15) is 10.7 Å². The van der Waals surface area contributed by atoms with E-state index < -0.39 is 10.0 Å². The summed E-state index contributed by atoms with van der Waals surface area (Å²) in [4.78, 5) is 0.144. The van der Waals surface area contributed by atoms with Crippen LogP contribution in [-0.4, -0.2) is 25.3 Å². The Balaban J connectivity index is 3.22. The summed E-state index contributed by atoms with van der Waals surface area (Å²) in [6.45, 7) is 6.26. The van der Waals surface area contributed by atoms with Gasteiger partial charge in [-0.15, -0.1) is 0 Å². The third kappa shape index (κ3) is 2.96. The zero-order chi connectivity index (χ0) is 13.9. The first-order valence-electron chi connectivity index (χ1n) is 5.88. The minimum absolute atomic E-state index is 0.0527. The van der Waals surface area contributed by atoms with Crippen molar-refractivity contribution in [2.24, 2.45) is 5.73 Å². The molecule has 1 rings (SSSR count). The Kier molecular flexibility index (Phi) is 5.39. The van der Waals surface area contributed by atoms with E-state index in [9.17, 15) is 8.42 Å². The molecular weight excluding hydrogens is 320 g/mol. The molecular formula is C11H19BrN2O3S. The Hall–Kier alpha value is -0.370. The molecule has 7 heteroatoms. The van der Waals surface area contributed by atoms with Crippen molar-refractivity contribution in [2.45, 2.75) is 44.7 Å². The Labute approximate surface area is 117 Å². The fourth-order valence-corrected chi connectivity index (χ4v) is 4.40. The number of nitrogens with two attached hydrogens (primary N) is 1. The lowest BCUT2D eigenvalue weighted by atomic mass is 10.3. The molecule has 0 saturated carbocycles. The monoisotopic (exact) mass is 338 g/mol. The van der Waals surface area contributed by atoms with Crippen LogP contribution < -0.4 is 5.73 Å². The second kappa shape index (κ2) is 6.18. The molecule has 0 bridgehead atoms. The molecule has 1 aromatic rings. The fourth-order valence-electron chi connectivity index (χ4n) is 1.72. The summed E-state index contributed by atoms with van der Waals surface area (Å²) in [5.74, 6) is 0.445. The zero-order valence-corrected chi connectivity index (χ0v) is 13.2. The predicted molar refractivity (Wildman–Crippen MR) is 73.6 cm³/mol. The molecule has 0 saturated heterocycles. The third-order valence-electron chi connectivity index (χ3n) is 2.89. The summed E-state index contributed by atoms with van der Waals surface area (Å²) in [5, 5.41) is 0.